The van der Waals surface area contributed by atoms with E-state index in [0.29, 0.717) is 29.5 Å². The van der Waals surface area contributed by atoms with Gasteiger partial charge in [-0.05, 0) is 31.0 Å². The Morgan fingerprint density at radius 1 is 1.10 bits per heavy atom. The molecule has 3 aliphatic rings. The van der Waals surface area contributed by atoms with E-state index in [1.54, 1.807) is 18.2 Å². The molecule has 0 bridgehead atoms. The van der Waals surface area contributed by atoms with E-state index >= 15 is 0 Å². The first-order valence-corrected chi connectivity index (χ1v) is 10.4. The second-order valence-electron chi connectivity index (χ2n) is 7.97. The van der Waals surface area contributed by atoms with Gasteiger partial charge in [0.25, 0.3) is 11.8 Å². The smallest absolute Gasteiger partial charge is 0.262 e. The second kappa shape index (κ2) is 7.62. The highest BCUT2D eigenvalue weighted by atomic mass is 16.2. The molecule has 5 rings (SSSR count). The fourth-order valence-electron chi connectivity index (χ4n) is 4.42. The van der Waals surface area contributed by atoms with Crippen molar-refractivity contribution in [3.05, 3.63) is 47.2 Å². The van der Waals surface area contributed by atoms with Gasteiger partial charge in [-0.25, -0.2) is 0 Å². The van der Waals surface area contributed by atoms with Gasteiger partial charge in [0.2, 0.25) is 11.8 Å². The van der Waals surface area contributed by atoms with Gasteiger partial charge in [-0.1, -0.05) is 12.1 Å². The summed E-state index contributed by atoms with van der Waals surface area (Å²) in [6.45, 7) is 2.18. The third kappa shape index (κ3) is 3.38. The number of carbonyl (C=O) groups excluding carboxylic acids is 4. The van der Waals surface area contributed by atoms with Crippen LogP contribution in [0, 0.1) is 0 Å². The number of piperidine rings is 1. The Bertz CT molecular complexity index is 1090. The van der Waals surface area contributed by atoms with E-state index in [1.165, 1.54) is 0 Å². The normalized spacial score (nSPS) is 23.3. The van der Waals surface area contributed by atoms with Gasteiger partial charge in [-0.15, -0.1) is 0 Å². The lowest BCUT2D eigenvalue weighted by Crippen LogP contribution is -2.54. The highest BCUT2D eigenvalue weighted by molar-refractivity contribution is 6.24. The fourth-order valence-corrected chi connectivity index (χ4v) is 4.42. The largest absolute Gasteiger partial charge is 0.364 e. The molecular weight excluding hydrogens is 400 g/mol. The van der Waals surface area contributed by atoms with Gasteiger partial charge in [0.1, 0.15) is 11.9 Å². The quantitative estimate of drug-likeness (QED) is 0.597. The lowest BCUT2D eigenvalue weighted by Gasteiger charge is -2.27. The standard InChI is InChI=1S/C21H22N6O4/c28-17-5-4-15(19(29)24-17)27-20(30)14-3-1-2-12(18(14)21(27)31)10-23-16-7-9-26(25-16)13-6-8-22-11-13/h1-3,7,9,13,15,22H,4-6,8,10-11H2,(H,23,25)(H,24,28,29). The number of rotatable bonds is 5. The van der Waals surface area contributed by atoms with Crippen molar-refractivity contribution in [1.82, 2.24) is 25.3 Å². The number of benzene rings is 1. The molecular formula is C21H22N6O4. The van der Waals surface area contributed by atoms with Gasteiger partial charge in [-0.2, -0.15) is 5.10 Å². The summed E-state index contributed by atoms with van der Waals surface area (Å²) in [7, 11) is 0. The third-order valence-electron chi connectivity index (χ3n) is 6.03. The van der Waals surface area contributed by atoms with Crippen molar-refractivity contribution in [2.24, 2.45) is 0 Å². The van der Waals surface area contributed by atoms with Crippen LogP contribution >= 0.6 is 0 Å². The van der Waals surface area contributed by atoms with Crippen LogP contribution in [0.4, 0.5) is 5.82 Å². The van der Waals surface area contributed by atoms with Gasteiger partial charge in [-0.3, -0.25) is 34.1 Å². The zero-order chi connectivity index (χ0) is 21.5. The summed E-state index contributed by atoms with van der Waals surface area (Å²) < 4.78 is 1.93. The number of amides is 4. The summed E-state index contributed by atoms with van der Waals surface area (Å²) in [4.78, 5) is 50.7. The number of fused-ring (bicyclic) bond motifs is 1. The number of nitrogens with zero attached hydrogens (tertiary/aromatic N) is 3. The van der Waals surface area contributed by atoms with Crippen molar-refractivity contribution in [3.63, 3.8) is 0 Å². The summed E-state index contributed by atoms with van der Waals surface area (Å²) in [5.41, 5.74) is 1.23. The van der Waals surface area contributed by atoms with Crippen LogP contribution in [-0.2, 0) is 16.1 Å². The number of nitrogens with one attached hydrogen (secondary N) is 3. The Labute approximate surface area is 178 Å². The van der Waals surface area contributed by atoms with Gasteiger partial charge in [0.15, 0.2) is 0 Å². The molecule has 2 saturated heterocycles. The Morgan fingerprint density at radius 3 is 2.74 bits per heavy atom. The molecule has 0 saturated carbocycles. The zero-order valence-electron chi connectivity index (χ0n) is 16.8. The number of hydrogen-bond acceptors (Lipinski definition) is 7. The van der Waals surface area contributed by atoms with E-state index in [2.05, 4.69) is 21.0 Å². The molecule has 2 aromatic rings. The van der Waals surface area contributed by atoms with Crippen molar-refractivity contribution in [2.45, 2.75) is 37.9 Å². The van der Waals surface area contributed by atoms with E-state index in [0.717, 1.165) is 24.4 Å². The highest BCUT2D eigenvalue weighted by Crippen LogP contribution is 2.30. The van der Waals surface area contributed by atoms with Crippen molar-refractivity contribution >= 4 is 29.4 Å². The molecule has 0 radical (unpaired) electrons. The lowest BCUT2D eigenvalue weighted by molar-refractivity contribution is -0.136. The van der Waals surface area contributed by atoms with E-state index in [9.17, 15) is 19.2 Å². The monoisotopic (exact) mass is 422 g/mol. The Hall–Kier alpha value is -3.53. The minimum absolute atomic E-state index is 0.0946. The minimum atomic E-state index is -0.971. The van der Waals surface area contributed by atoms with E-state index in [-0.39, 0.29) is 18.4 Å². The van der Waals surface area contributed by atoms with Gasteiger partial charge in [0.05, 0.1) is 17.2 Å². The number of anilines is 1. The summed E-state index contributed by atoms with van der Waals surface area (Å²) in [5, 5.41) is 13.3. The molecule has 4 heterocycles. The molecule has 160 valence electrons. The molecule has 1 aromatic heterocycles. The molecule has 1 aromatic carbocycles. The van der Waals surface area contributed by atoms with Crippen LogP contribution in [-0.4, -0.2) is 57.4 Å². The summed E-state index contributed by atoms with van der Waals surface area (Å²) >= 11 is 0. The van der Waals surface area contributed by atoms with Crippen LogP contribution in [0.3, 0.4) is 0 Å². The van der Waals surface area contributed by atoms with Crippen LogP contribution in [0.2, 0.25) is 0 Å². The van der Waals surface area contributed by atoms with Crippen molar-refractivity contribution in [1.29, 1.82) is 0 Å². The molecule has 4 amide bonds. The van der Waals surface area contributed by atoms with Crippen LogP contribution in [0.5, 0.6) is 0 Å². The van der Waals surface area contributed by atoms with Gasteiger partial charge < -0.3 is 10.6 Å². The van der Waals surface area contributed by atoms with Crippen molar-refractivity contribution in [3.8, 4) is 0 Å². The van der Waals surface area contributed by atoms with Crippen LogP contribution < -0.4 is 16.0 Å². The van der Waals surface area contributed by atoms with Crippen LogP contribution in [0.15, 0.2) is 30.5 Å². The van der Waals surface area contributed by atoms with Crippen molar-refractivity contribution in [2.75, 3.05) is 18.4 Å². The van der Waals surface area contributed by atoms with Gasteiger partial charge in [0, 0.05) is 31.8 Å². The lowest BCUT2D eigenvalue weighted by atomic mass is 10.0. The fraction of sp³-hybridized carbons (Fsp3) is 0.381. The molecule has 3 aliphatic heterocycles. The first kappa shape index (κ1) is 19.4. The molecule has 10 nitrogen and oxygen atoms in total. The maximum absolute atomic E-state index is 13.1. The second-order valence-corrected chi connectivity index (χ2v) is 7.97. The van der Waals surface area contributed by atoms with Crippen molar-refractivity contribution < 1.29 is 19.2 Å². The number of carbonyl (C=O) groups is 4. The molecule has 0 spiro atoms. The predicted molar refractivity (Wildman–Crippen MR) is 109 cm³/mol. The first-order valence-electron chi connectivity index (χ1n) is 10.4. The Balaban J connectivity index is 1.34. The first-order chi connectivity index (χ1) is 15.0. The minimum Gasteiger partial charge on any atom is -0.364 e. The maximum Gasteiger partial charge on any atom is 0.262 e. The number of hydrogen-bond donors (Lipinski definition) is 3. The van der Waals surface area contributed by atoms with E-state index in [1.807, 2.05) is 16.9 Å². The highest BCUT2D eigenvalue weighted by Gasteiger charge is 2.45. The summed E-state index contributed by atoms with van der Waals surface area (Å²) in [6.07, 6.45) is 3.18. The molecule has 0 aliphatic carbocycles. The summed E-state index contributed by atoms with van der Waals surface area (Å²) in [6, 6.07) is 6.33. The molecule has 2 fully saturated rings. The average Bonchev–Trinajstić information content (AvgIpc) is 3.49. The molecule has 2 atom stereocenters. The number of imide groups is 2. The average molecular weight is 422 g/mol. The molecule has 2 unspecified atom stereocenters. The summed E-state index contributed by atoms with van der Waals surface area (Å²) in [5.74, 6) is -1.33. The maximum atomic E-state index is 13.1. The van der Waals surface area contributed by atoms with Crippen LogP contribution in [0.25, 0.3) is 0 Å². The zero-order valence-corrected chi connectivity index (χ0v) is 16.8. The predicted octanol–water partition coefficient (Wildman–Crippen LogP) is 0.431. The van der Waals surface area contributed by atoms with E-state index in [4.69, 9.17) is 0 Å². The SMILES string of the molecule is O=C1CCC(N2C(=O)c3cccc(CNc4ccn(C5CCNC5)n4)c3C2=O)C(=O)N1. The van der Waals surface area contributed by atoms with E-state index < -0.39 is 29.7 Å². The Kier molecular flexibility index (Phi) is 4.78. The number of aromatic nitrogens is 2. The van der Waals surface area contributed by atoms with Gasteiger partial charge >= 0.3 is 0 Å². The molecule has 3 N–H and O–H groups in total. The molecule has 10 heteroatoms. The molecule has 31 heavy (non-hydrogen) atoms. The topological polar surface area (TPSA) is 125 Å². The Morgan fingerprint density at radius 2 is 1.97 bits per heavy atom. The van der Waals surface area contributed by atoms with Crippen LogP contribution in [0.1, 0.15) is 51.6 Å². The third-order valence-corrected chi connectivity index (χ3v) is 6.03.